The van der Waals surface area contributed by atoms with Crippen molar-refractivity contribution >= 4 is 11.6 Å². The van der Waals surface area contributed by atoms with E-state index < -0.39 is 0 Å². The topological polar surface area (TPSA) is 25.8 Å². The molecular weight excluding hydrogens is 280 g/mol. The molecule has 2 nitrogen and oxygen atoms in total. The minimum atomic E-state index is 0.319. The number of aryl methyl sites for hydroxylation is 1. The fraction of sp³-hybridized carbons (Fsp3) is 0.444. The number of hydrogen-bond donors (Lipinski definition) is 0. The van der Waals surface area contributed by atoms with Crippen molar-refractivity contribution in [2.75, 3.05) is 0 Å². The van der Waals surface area contributed by atoms with Gasteiger partial charge < -0.3 is 0 Å². The second-order valence-corrected chi connectivity index (χ2v) is 6.63. The largest absolute Gasteiger partial charge is 0.237 e. The van der Waals surface area contributed by atoms with Gasteiger partial charge in [0.2, 0.25) is 0 Å². The number of hydrogen-bond acceptors (Lipinski definition) is 2. The predicted molar refractivity (Wildman–Crippen MR) is 84.9 cm³/mol. The molecular formula is C18H19ClN2. The standard InChI is InChI=1S/C18H19ClN2/c19-17-11-16(13-6-1-2-7-13)20-18(21-17)15-10-9-12-5-3-4-8-14(12)15/h3-5,8,11,13,15H,1-2,6-7,9-10H2. The Labute approximate surface area is 130 Å². The summed E-state index contributed by atoms with van der Waals surface area (Å²) >= 11 is 6.28. The van der Waals surface area contributed by atoms with Crippen molar-refractivity contribution in [3.05, 3.63) is 58.1 Å². The van der Waals surface area contributed by atoms with Gasteiger partial charge in [0, 0.05) is 17.5 Å². The molecule has 1 aromatic heterocycles. The second-order valence-electron chi connectivity index (χ2n) is 6.25. The summed E-state index contributed by atoms with van der Waals surface area (Å²) in [5, 5.41) is 0.603. The first-order valence-electron chi connectivity index (χ1n) is 7.93. The summed E-state index contributed by atoms with van der Waals surface area (Å²) in [7, 11) is 0. The normalized spacial score (nSPS) is 21.7. The first kappa shape index (κ1) is 13.3. The van der Waals surface area contributed by atoms with E-state index in [4.69, 9.17) is 16.6 Å². The van der Waals surface area contributed by atoms with Gasteiger partial charge in [-0.1, -0.05) is 48.7 Å². The number of aromatic nitrogens is 2. The molecule has 2 aromatic rings. The van der Waals surface area contributed by atoms with Crippen LogP contribution in [0.5, 0.6) is 0 Å². The lowest BCUT2D eigenvalue weighted by Gasteiger charge is -2.14. The van der Waals surface area contributed by atoms with Crippen LogP contribution in [0, 0.1) is 0 Å². The van der Waals surface area contributed by atoms with Crippen molar-refractivity contribution in [2.45, 2.75) is 50.4 Å². The molecule has 0 saturated heterocycles. The SMILES string of the molecule is Clc1cc(C2CCCC2)nc(C2CCc3ccccc32)n1. The van der Waals surface area contributed by atoms with E-state index in [-0.39, 0.29) is 0 Å². The van der Waals surface area contributed by atoms with Gasteiger partial charge in [0.05, 0.1) is 0 Å². The lowest BCUT2D eigenvalue weighted by atomic mass is 9.99. The van der Waals surface area contributed by atoms with E-state index in [1.54, 1.807) is 0 Å². The van der Waals surface area contributed by atoms with E-state index in [0.29, 0.717) is 17.0 Å². The van der Waals surface area contributed by atoms with Crippen molar-refractivity contribution in [3.63, 3.8) is 0 Å². The Balaban J connectivity index is 1.72. The van der Waals surface area contributed by atoms with E-state index in [2.05, 4.69) is 29.2 Å². The summed E-state index contributed by atoms with van der Waals surface area (Å²) in [6.45, 7) is 0. The lowest BCUT2D eigenvalue weighted by molar-refractivity contribution is 0.661. The highest BCUT2D eigenvalue weighted by atomic mass is 35.5. The smallest absolute Gasteiger partial charge is 0.137 e. The maximum absolute atomic E-state index is 6.28. The minimum Gasteiger partial charge on any atom is -0.237 e. The highest BCUT2D eigenvalue weighted by Gasteiger charge is 2.27. The zero-order chi connectivity index (χ0) is 14.2. The molecule has 3 heteroatoms. The summed E-state index contributed by atoms with van der Waals surface area (Å²) < 4.78 is 0. The fourth-order valence-electron chi connectivity index (χ4n) is 3.87. The number of nitrogens with zero attached hydrogens (tertiary/aromatic N) is 2. The Morgan fingerprint density at radius 3 is 2.67 bits per heavy atom. The molecule has 0 amide bonds. The first-order valence-corrected chi connectivity index (χ1v) is 8.31. The quantitative estimate of drug-likeness (QED) is 0.740. The maximum Gasteiger partial charge on any atom is 0.137 e. The minimum absolute atomic E-state index is 0.319. The molecule has 1 unspecified atom stereocenters. The highest BCUT2D eigenvalue weighted by molar-refractivity contribution is 6.29. The summed E-state index contributed by atoms with van der Waals surface area (Å²) in [5.41, 5.74) is 3.98. The number of benzene rings is 1. The maximum atomic E-state index is 6.28. The van der Waals surface area contributed by atoms with E-state index in [1.807, 2.05) is 6.07 Å². The van der Waals surface area contributed by atoms with Gasteiger partial charge in [-0.15, -0.1) is 0 Å². The van der Waals surface area contributed by atoms with Crippen LogP contribution in [0.25, 0.3) is 0 Å². The lowest BCUT2D eigenvalue weighted by Crippen LogP contribution is -2.07. The average Bonchev–Trinajstić information content (AvgIpc) is 3.16. The summed E-state index contributed by atoms with van der Waals surface area (Å²) in [6, 6.07) is 10.6. The van der Waals surface area contributed by atoms with Crippen molar-refractivity contribution in [2.24, 2.45) is 0 Å². The van der Waals surface area contributed by atoms with Gasteiger partial charge in [0.25, 0.3) is 0 Å². The fourth-order valence-corrected chi connectivity index (χ4v) is 4.06. The van der Waals surface area contributed by atoms with Gasteiger partial charge in [0.1, 0.15) is 11.0 Å². The van der Waals surface area contributed by atoms with Crippen LogP contribution in [0.1, 0.15) is 66.6 Å². The van der Waals surface area contributed by atoms with E-state index >= 15 is 0 Å². The van der Waals surface area contributed by atoms with Crippen LogP contribution >= 0.6 is 11.6 Å². The molecule has 1 aromatic carbocycles. The molecule has 0 aliphatic heterocycles. The van der Waals surface area contributed by atoms with Crippen LogP contribution in [0.4, 0.5) is 0 Å². The van der Waals surface area contributed by atoms with Crippen LogP contribution in [0.15, 0.2) is 30.3 Å². The summed E-state index contributed by atoms with van der Waals surface area (Å²) in [6.07, 6.45) is 7.34. The molecule has 1 heterocycles. The average molecular weight is 299 g/mol. The number of fused-ring (bicyclic) bond motifs is 1. The van der Waals surface area contributed by atoms with Crippen molar-refractivity contribution in [1.82, 2.24) is 9.97 Å². The first-order chi connectivity index (χ1) is 10.3. The molecule has 21 heavy (non-hydrogen) atoms. The molecule has 1 atom stereocenters. The summed E-state index contributed by atoms with van der Waals surface area (Å²) in [5.74, 6) is 1.83. The van der Waals surface area contributed by atoms with Gasteiger partial charge in [-0.05, 0) is 42.9 Å². The molecule has 0 radical (unpaired) electrons. The Hall–Kier alpha value is -1.41. The second kappa shape index (κ2) is 5.42. The molecule has 0 N–H and O–H groups in total. The molecule has 2 aliphatic carbocycles. The van der Waals surface area contributed by atoms with Gasteiger partial charge in [-0.3, -0.25) is 0 Å². The van der Waals surface area contributed by atoms with E-state index in [9.17, 15) is 0 Å². The van der Waals surface area contributed by atoms with E-state index in [0.717, 1.165) is 24.4 Å². The van der Waals surface area contributed by atoms with Crippen molar-refractivity contribution < 1.29 is 0 Å². The van der Waals surface area contributed by atoms with Gasteiger partial charge in [0.15, 0.2) is 0 Å². The van der Waals surface area contributed by atoms with E-state index in [1.165, 1.54) is 36.8 Å². The molecule has 4 rings (SSSR count). The van der Waals surface area contributed by atoms with Crippen LogP contribution in [-0.2, 0) is 6.42 Å². The third kappa shape index (κ3) is 2.46. The van der Waals surface area contributed by atoms with Crippen LogP contribution < -0.4 is 0 Å². The molecule has 0 bridgehead atoms. The van der Waals surface area contributed by atoms with Crippen molar-refractivity contribution in [3.8, 4) is 0 Å². The Morgan fingerprint density at radius 2 is 1.81 bits per heavy atom. The highest BCUT2D eigenvalue weighted by Crippen LogP contribution is 2.39. The Bertz CT molecular complexity index is 662. The van der Waals surface area contributed by atoms with Crippen molar-refractivity contribution in [1.29, 1.82) is 0 Å². The summed E-state index contributed by atoms with van der Waals surface area (Å²) in [4.78, 5) is 9.44. The molecule has 1 saturated carbocycles. The molecule has 108 valence electrons. The number of halogens is 1. The third-order valence-electron chi connectivity index (χ3n) is 4.95. The Morgan fingerprint density at radius 1 is 1.00 bits per heavy atom. The number of rotatable bonds is 2. The molecule has 1 fully saturated rings. The third-order valence-corrected chi connectivity index (χ3v) is 5.14. The molecule has 2 aliphatic rings. The Kier molecular flexibility index (Phi) is 3.42. The zero-order valence-electron chi connectivity index (χ0n) is 12.1. The van der Waals surface area contributed by atoms with Crippen LogP contribution in [0.3, 0.4) is 0 Å². The zero-order valence-corrected chi connectivity index (χ0v) is 12.8. The monoisotopic (exact) mass is 298 g/mol. The van der Waals surface area contributed by atoms with Crippen LogP contribution in [-0.4, -0.2) is 9.97 Å². The van der Waals surface area contributed by atoms with Gasteiger partial charge in [-0.25, -0.2) is 9.97 Å². The van der Waals surface area contributed by atoms with Crippen LogP contribution in [0.2, 0.25) is 5.15 Å². The van der Waals surface area contributed by atoms with Gasteiger partial charge in [-0.2, -0.15) is 0 Å². The van der Waals surface area contributed by atoms with Gasteiger partial charge >= 0.3 is 0 Å². The predicted octanol–water partition coefficient (Wildman–Crippen LogP) is 4.87. The molecule has 0 spiro atoms.